The molecule has 2 nitrogen and oxygen atoms in total. The zero-order valence-corrected chi connectivity index (χ0v) is 10.7. The van der Waals surface area contributed by atoms with Gasteiger partial charge in [0.15, 0.2) is 0 Å². The summed E-state index contributed by atoms with van der Waals surface area (Å²) in [5, 5.41) is 3.23. The molecule has 19 heavy (non-hydrogen) atoms. The Labute approximate surface area is 113 Å². The summed E-state index contributed by atoms with van der Waals surface area (Å²) in [5.74, 6) is 0.491. The Hall–Kier alpha value is -1.75. The van der Waals surface area contributed by atoms with Gasteiger partial charge in [0.2, 0.25) is 0 Å². The minimum Gasteiger partial charge on any atom is -0.340 e. The Morgan fingerprint density at radius 2 is 1.74 bits per heavy atom. The highest BCUT2D eigenvalue weighted by Gasteiger charge is 2.29. The molecule has 6 heteroatoms. The highest BCUT2D eigenvalue weighted by atomic mass is 35.5. The van der Waals surface area contributed by atoms with Crippen LogP contribution in [-0.4, -0.2) is 4.98 Å². The van der Waals surface area contributed by atoms with Gasteiger partial charge in [-0.15, -0.1) is 0 Å². The number of aryl methyl sites for hydroxylation is 1. The first-order valence-electron chi connectivity index (χ1n) is 5.43. The molecule has 1 aromatic carbocycles. The second-order valence-corrected chi connectivity index (χ2v) is 4.44. The fraction of sp³-hybridized carbons (Fsp3) is 0.154. The van der Waals surface area contributed by atoms with E-state index in [1.807, 2.05) is 6.92 Å². The first kappa shape index (κ1) is 13.7. The lowest BCUT2D eigenvalue weighted by Gasteiger charge is -2.09. The van der Waals surface area contributed by atoms with Crippen LogP contribution in [-0.2, 0) is 6.18 Å². The van der Waals surface area contributed by atoms with Crippen LogP contribution >= 0.6 is 11.6 Å². The van der Waals surface area contributed by atoms with Crippen LogP contribution in [0.25, 0.3) is 0 Å². The van der Waals surface area contributed by atoms with Crippen molar-refractivity contribution in [3.63, 3.8) is 0 Å². The van der Waals surface area contributed by atoms with Gasteiger partial charge in [0.1, 0.15) is 11.0 Å². The molecular weight excluding hydrogens is 277 g/mol. The van der Waals surface area contributed by atoms with E-state index in [1.165, 1.54) is 12.1 Å². The number of anilines is 2. The van der Waals surface area contributed by atoms with Crippen molar-refractivity contribution in [1.29, 1.82) is 0 Å². The number of pyridine rings is 1. The SMILES string of the molecule is Cc1cc(Cl)nc(Nc2ccc(C(F)(F)F)cc2)c1. The van der Waals surface area contributed by atoms with Crippen LogP contribution < -0.4 is 5.32 Å². The molecule has 0 aliphatic carbocycles. The molecule has 2 aromatic rings. The van der Waals surface area contributed by atoms with Gasteiger partial charge in [0, 0.05) is 5.69 Å². The predicted molar refractivity (Wildman–Crippen MR) is 68.7 cm³/mol. The number of halogens is 4. The second-order valence-electron chi connectivity index (χ2n) is 4.05. The van der Waals surface area contributed by atoms with Gasteiger partial charge in [-0.05, 0) is 48.9 Å². The number of hydrogen-bond acceptors (Lipinski definition) is 2. The van der Waals surface area contributed by atoms with Crippen LogP contribution in [0.15, 0.2) is 36.4 Å². The van der Waals surface area contributed by atoms with Crippen molar-refractivity contribution in [2.24, 2.45) is 0 Å². The quantitative estimate of drug-likeness (QED) is 0.802. The Morgan fingerprint density at radius 1 is 1.11 bits per heavy atom. The Balaban J connectivity index is 2.20. The zero-order valence-electron chi connectivity index (χ0n) is 9.92. The summed E-state index contributed by atoms with van der Waals surface area (Å²) in [5.41, 5.74) is 0.741. The van der Waals surface area contributed by atoms with Gasteiger partial charge < -0.3 is 5.32 Å². The van der Waals surface area contributed by atoms with Crippen LogP contribution in [0, 0.1) is 6.92 Å². The van der Waals surface area contributed by atoms with Crippen molar-refractivity contribution < 1.29 is 13.2 Å². The molecule has 0 saturated carbocycles. The summed E-state index contributed by atoms with van der Waals surface area (Å²) in [7, 11) is 0. The molecule has 1 N–H and O–H groups in total. The van der Waals surface area contributed by atoms with Gasteiger partial charge in [-0.25, -0.2) is 4.98 Å². The molecule has 1 heterocycles. The van der Waals surface area contributed by atoms with Gasteiger partial charge in [-0.1, -0.05) is 11.6 Å². The van der Waals surface area contributed by atoms with E-state index in [1.54, 1.807) is 12.1 Å². The minimum absolute atomic E-state index is 0.328. The molecule has 0 bridgehead atoms. The van der Waals surface area contributed by atoms with Crippen LogP contribution in [0.5, 0.6) is 0 Å². The first-order chi connectivity index (χ1) is 8.84. The fourth-order valence-electron chi connectivity index (χ4n) is 1.58. The van der Waals surface area contributed by atoms with Gasteiger partial charge in [-0.2, -0.15) is 13.2 Å². The van der Waals surface area contributed by atoms with Crippen molar-refractivity contribution in [1.82, 2.24) is 4.98 Å². The molecule has 0 amide bonds. The van der Waals surface area contributed by atoms with Crippen LogP contribution in [0.4, 0.5) is 24.7 Å². The van der Waals surface area contributed by atoms with Crippen molar-refractivity contribution in [2.45, 2.75) is 13.1 Å². The lowest BCUT2D eigenvalue weighted by Crippen LogP contribution is -2.04. The first-order valence-corrected chi connectivity index (χ1v) is 5.81. The van der Waals surface area contributed by atoms with Crippen molar-refractivity contribution in [3.8, 4) is 0 Å². The highest BCUT2D eigenvalue weighted by molar-refractivity contribution is 6.29. The van der Waals surface area contributed by atoms with Crippen LogP contribution in [0.2, 0.25) is 5.15 Å². The third-order valence-electron chi connectivity index (χ3n) is 2.42. The largest absolute Gasteiger partial charge is 0.416 e. The molecule has 0 radical (unpaired) electrons. The van der Waals surface area contributed by atoms with E-state index in [-0.39, 0.29) is 0 Å². The third-order valence-corrected chi connectivity index (χ3v) is 2.62. The van der Waals surface area contributed by atoms with Crippen LogP contribution in [0.1, 0.15) is 11.1 Å². The van der Waals surface area contributed by atoms with E-state index in [9.17, 15) is 13.2 Å². The lowest BCUT2D eigenvalue weighted by molar-refractivity contribution is -0.137. The summed E-state index contributed by atoms with van der Waals surface area (Å²) in [6, 6.07) is 8.17. The normalized spacial score (nSPS) is 11.4. The number of nitrogens with zero attached hydrogens (tertiary/aromatic N) is 1. The maximum absolute atomic E-state index is 12.4. The maximum atomic E-state index is 12.4. The topological polar surface area (TPSA) is 24.9 Å². The Kier molecular flexibility index (Phi) is 3.66. The molecule has 0 fully saturated rings. The highest BCUT2D eigenvalue weighted by Crippen LogP contribution is 2.30. The molecule has 0 saturated heterocycles. The molecule has 2 rings (SSSR count). The number of nitrogens with one attached hydrogen (secondary N) is 1. The monoisotopic (exact) mass is 286 g/mol. The van der Waals surface area contributed by atoms with Crippen molar-refractivity contribution in [2.75, 3.05) is 5.32 Å². The van der Waals surface area contributed by atoms with Gasteiger partial charge >= 0.3 is 6.18 Å². The predicted octanol–water partition coefficient (Wildman–Crippen LogP) is 4.81. The van der Waals surface area contributed by atoms with Crippen LogP contribution in [0.3, 0.4) is 0 Å². The minimum atomic E-state index is -4.33. The molecule has 0 spiro atoms. The van der Waals surface area contributed by atoms with E-state index in [2.05, 4.69) is 10.3 Å². The lowest BCUT2D eigenvalue weighted by atomic mass is 10.2. The smallest absolute Gasteiger partial charge is 0.340 e. The number of alkyl halides is 3. The molecule has 0 aliphatic heterocycles. The van der Waals surface area contributed by atoms with E-state index < -0.39 is 11.7 Å². The summed E-state index contributed by atoms with van der Waals surface area (Å²) in [4.78, 5) is 4.03. The van der Waals surface area contributed by atoms with E-state index >= 15 is 0 Å². The number of aromatic nitrogens is 1. The van der Waals surface area contributed by atoms with Gasteiger partial charge in [0.05, 0.1) is 5.56 Å². The molecule has 0 atom stereocenters. The average molecular weight is 287 g/mol. The Bertz CT molecular complexity index is 559. The van der Waals surface area contributed by atoms with E-state index in [4.69, 9.17) is 11.6 Å². The van der Waals surface area contributed by atoms with Gasteiger partial charge in [-0.3, -0.25) is 0 Å². The van der Waals surface area contributed by atoms with E-state index in [0.29, 0.717) is 16.7 Å². The summed E-state index contributed by atoms with van der Waals surface area (Å²) < 4.78 is 37.2. The zero-order chi connectivity index (χ0) is 14.0. The summed E-state index contributed by atoms with van der Waals surface area (Å²) in [6.45, 7) is 1.85. The Morgan fingerprint density at radius 3 is 2.26 bits per heavy atom. The second kappa shape index (κ2) is 5.09. The summed E-state index contributed by atoms with van der Waals surface area (Å²) in [6.07, 6.45) is -4.33. The number of benzene rings is 1. The molecular formula is C13H10ClF3N2. The standard InChI is InChI=1S/C13H10ClF3N2/c1-8-6-11(14)19-12(7-8)18-10-4-2-9(3-5-10)13(15,16)17/h2-7H,1H3,(H,18,19). The molecule has 0 unspecified atom stereocenters. The maximum Gasteiger partial charge on any atom is 0.416 e. The van der Waals surface area contributed by atoms with Crippen molar-refractivity contribution >= 4 is 23.1 Å². The fourth-order valence-corrected chi connectivity index (χ4v) is 1.84. The molecule has 1 aromatic heterocycles. The number of hydrogen-bond donors (Lipinski definition) is 1. The van der Waals surface area contributed by atoms with Crippen molar-refractivity contribution in [3.05, 3.63) is 52.7 Å². The number of rotatable bonds is 2. The molecule has 100 valence electrons. The molecule has 0 aliphatic rings. The third kappa shape index (κ3) is 3.61. The van der Waals surface area contributed by atoms with E-state index in [0.717, 1.165) is 17.7 Å². The average Bonchev–Trinajstić information content (AvgIpc) is 2.26. The summed E-state index contributed by atoms with van der Waals surface area (Å²) >= 11 is 5.80. The van der Waals surface area contributed by atoms with Gasteiger partial charge in [0.25, 0.3) is 0 Å².